The van der Waals surface area contributed by atoms with Gasteiger partial charge < -0.3 is 9.47 Å². The van der Waals surface area contributed by atoms with Gasteiger partial charge in [-0.25, -0.2) is 0 Å². The van der Waals surface area contributed by atoms with E-state index in [1.807, 2.05) is 0 Å². The van der Waals surface area contributed by atoms with Gasteiger partial charge in [0.1, 0.15) is 23.3 Å². The highest BCUT2D eigenvalue weighted by atomic mass is 35.5. The Bertz CT molecular complexity index is 1370. The maximum Gasteiger partial charge on any atom is 0.417 e. The van der Waals surface area contributed by atoms with Crippen LogP contribution in [0.1, 0.15) is 23.2 Å². The van der Waals surface area contributed by atoms with Crippen LogP contribution in [0.4, 0.5) is 26.3 Å². The number of rotatable bonds is 8. The van der Waals surface area contributed by atoms with Crippen LogP contribution in [0.3, 0.4) is 0 Å². The van der Waals surface area contributed by atoms with Crippen LogP contribution in [0.5, 0.6) is 11.5 Å². The van der Waals surface area contributed by atoms with Gasteiger partial charge in [0.15, 0.2) is 0 Å². The number of hydrogen-bond acceptors (Lipinski definition) is 5. The molecule has 0 fully saturated rings. The second-order valence-corrected chi connectivity index (χ2v) is 8.82. The third-order valence-electron chi connectivity index (χ3n) is 5.00. The van der Waals surface area contributed by atoms with Crippen LogP contribution in [0.15, 0.2) is 54.7 Å². The smallest absolute Gasteiger partial charge is 0.417 e. The molecule has 0 bridgehead atoms. The minimum Gasteiger partial charge on any atom is -0.492 e. The SMILES string of the molecule is N#CC(Oc1ccc(Cl)cc1Cl)(C(=O)CCOc1ccc(C(F)(F)F)cc1Cl)c1ccc(C(F)(F)F)cn1. The maximum atomic E-state index is 13.3. The van der Waals surface area contributed by atoms with Crippen molar-refractivity contribution >= 4 is 40.6 Å². The van der Waals surface area contributed by atoms with Crippen molar-refractivity contribution in [2.75, 3.05) is 6.61 Å². The molecule has 5 nitrogen and oxygen atoms in total. The van der Waals surface area contributed by atoms with Crippen LogP contribution in [-0.2, 0) is 22.7 Å². The third-order valence-corrected chi connectivity index (χ3v) is 5.83. The van der Waals surface area contributed by atoms with Crippen LogP contribution in [-0.4, -0.2) is 17.4 Å². The Kier molecular flexibility index (Phi) is 8.71. The number of pyridine rings is 1. The van der Waals surface area contributed by atoms with Crippen molar-refractivity contribution in [1.82, 2.24) is 4.98 Å². The molecule has 0 amide bonds. The zero-order valence-corrected chi connectivity index (χ0v) is 20.9. The molecule has 3 aromatic rings. The predicted octanol–water partition coefficient (Wildman–Crippen LogP) is 7.92. The summed E-state index contributed by atoms with van der Waals surface area (Å²) in [6.07, 6.45) is -9.53. The normalized spacial score (nSPS) is 13.4. The number of Topliss-reactive ketones (excluding diaryl/α,β-unsaturated/α-hetero) is 1. The lowest BCUT2D eigenvalue weighted by molar-refractivity contribution is -0.138. The van der Waals surface area contributed by atoms with Gasteiger partial charge in [-0.15, -0.1) is 0 Å². The number of carbonyl (C=O) groups is 1. The molecular formula is C24H13Cl3F6N2O3. The average molecular weight is 598 g/mol. The first kappa shape index (κ1) is 29.4. The summed E-state index contributed by atoms with van der Waals surface area (Å²) in [5.41, 5.74) is -5.20. The minimum atomic E-state index is -4.74. The highest BCUT2D eigenvalue weighted by molar-refractivity contribution is 6.35. The fraction of sp³-hybridized carbons (Fsp3) is 0.208. The molecule has 0 saturated carbocycles. The van der Waals surface area contributed by atoms with Crippen LogP contribution in [0.2, 0.25) is 15.1 Å². The quantitative estimate of drug-likeness (QED) is 0.247. The number of ketones is 1. The summed E-state index contributed by atoms with van der Waals surface area (Å²) >= 11 is 17.8. The minimum absolute atomic E-state index is 0.107. The lowest BCUT2D eigenvalue weighted by Gasteiger charge is -2.27. The van der Waals surface area contributed by atoms with Gasteiger partial charge in [-0.1, -0.05) is 34.8 Å². The van der Waals surface area contributed by atoms with E-state index in [1.165, 1.54) is 18.2 Å². The van der Waals surface area contributed by atoms with Crippen molar-refractivity contribution in [3.63, 3.8) is 0 Å². The first-order valence-electron chi connectivity index (χ1n) is 10.3. The predicted molar refractivity (Wildman–Crippen MR) is 125 cm³/mol. The van der Waals surface area contributed by atoms with E-state index in [4.69, 9.17) is 44.3 Å². The number of alkyl halides is 6. The van der Waals surface area contributed by atoms with Crippen molar-refractivity contribution in [3.8, 4) is 17.6 Å². The highest BCUT2D eigenvalue weighted by Crippen LogP contribution is 2.37. The lowest BCUT2D eigenvalue weighted by atomic mass is 9.92. The van der Waals surface area contributed by atoms with Gasteiger partial charge in [0, 0.05) is 17.6 Å². The molecule has 0 aliphatic carbocycles. The molecule has 0 N–H and O–H groups in total. The van der Waals surface area contributed by atoms with Gasteiger partial charge in [0.25, 0.3) is 5.60 Å². The highest BCUT2D eigenvalue weighted by Gasteiger charge is 2.45. The van der Waals surface area contributed by atoms with E-state index < -0.39 is 53.6 Å². The largest absolute Gasteiger partial charge is 0.492 e. The fourth-order valence-corrected chi connectivity index (χ4v) is 3.79. The second-order valence-electron chi connectivity index (χ2n) is 7.56. The summed E-state index contributed by atoms with van der Waals surface area (Å²) in [6.45, 7) is -0.480. The number of ether oxygens (including phenoxy) is 2. The van der Waals surface area contributed by atoms with Gasteiger partial charge in [-0.3, -0.25) is 9.78 Å². The summed E-state index contributed by atoms with van der Waals surface area (Å²) in [5, 5.41) is 9.72. The number of nitrogens with zero attached hydrogens (tertiary/aromatic N) is 2. The molecule has 1 atom stereocenters. The molecular weight excluding hydrogens is 585 g/mol. The summed E-state index contributed by atoms with van der Waals surface area (Å²) in [5.74, 6) is -1.37. The average Bonchev–Trinajstić information content (AvgIpc) is 2.83. The molecule has 14 heteroatoms. The first-order valence-corrected chi connectivity index (χ1v) is 11.4. The summed E-state index contributed by atoms with van der Waals surface area (Å²) in [6, 6.07) is 9.22. The number of halogens is 9. The third kappa shape index (κ3) is 6.62. The Hall–Kier alpha value is -3.20. The first-order chi connectivity index (χ1) is 17.7. The molecule has 0 spiro atoms. The van der Waals surface area contributed by atoms with Crippen LogP contribution < -0.4 is 9.47 Å². The molecule has 200 valence electrons. The van der Waals surface area contributed by atoms with Crippen molar-refractivity contribution in [2.24, 2.45) is 0 Å². The molecule has 3 rings (SSSR count). The monoisotopic (exact) mass is 596 g/mol. The van der Waals surface area contributed by atoms with Gasteiger partial charge in [-0.05, 0) is 48.5 Å². The molecule has 0 radical (unpaired) electrons. The van der Waals surface area contributed by atoms with Crippen molar-refractivity contribution in [2.45, 2.75) is 24.4 Å². The Balaban J connectivity index is 1.91. The van der Waals surface area contributed by atoms with Crippen molar-refractivity contribution < 1.29 is 40.6 Å². The number of benzene rings is 2. The number of aromatic nitrogens is 1. The Morgan fingerprint density at radius 1 is 0.868 bits per heavy atom. The second kappa shape index (κ2) is 11.3. The Morgan fingerprint density at radius 2 is 1.47 bits per heavy atom. The van der Waals surface area contributed by atoms with Gasteiger partial charge in [0.2, 0.25) is 5.78 Å². The lowest BCUT2D eigenvalue weighted by Crippen LogP contribution is -2.42. The maximum absolute atomic E-state index is 13.3. The molecule has 1 aromatic heterocycles. The van der Waals surface area contributed by atoms with E-state index >= 15 is 0 Å². The summed E-state index contributed by atoms with van der Waals surface area (Å²) < 4.78 is 88.5. The topological polar surface area (TPSA) is 72.2 Å². The molecule has 0 aliphatic rings. The standard InChI is InChI=1S/C24H13Cl3F6N2O3/c25-15-3-5-19(17(27)10-15)38-22(12-34,20-6-2-14(11-35-20)24(31,32)33)21(36)7-8-37-18-4-1-13(9-16(18)26)23(28,29)30/h1-6,9-11H,7-8H2. The molecule has 0 aliphatic heterocycles. The van der Waals surface area contributed by atoms with Crippen LogP contribution in [0, 0.1) is 11.3 Å². The van der Waals surface area contributed by atoms with E-state index in [2.05, 4.69) is 4.98 Å². The van der Waals surface area contributed by atoms with Crippen molar-refractivity contribution in [1.29, 1.82) is 5.26 Å². The molecule has 1 heterocycles. The van der Waals surface area contributed by atoms with Crippen LogP contribution >= 0.6 is 34.8 Å². The molecule has 2 aromatic carbocycles. The van der Waals surface area contributed by atoms with E-state index in [0.717, 1.165) is 18.2 Å². The molecule has 1 unspecified atom stereocenters. The summed E-state index contributed by atoms with van der Waals surface area (Å²) in [7, 11) is 0. The van der Waals surface area contributed by atoms with Gasteiger partial charge in [-0.2, -0.15) is 31.6 Å². The molecule has 38 heavy (non-hydrogen) atoms. The zero-order valence-electron chi connectivity index (χ0n) is 18.6. The Morgan fingerprint density at radius 3 is 2.00 bits per heavy atom. The van der Waals surface area contributed by atoms with E-state index in [-0.39, 0.29) is 26.6 Å². The summed E-state index contributed by atoms with van der Waals surface area (Å²) in [4.78, 5) is 16.9. The number of carbonyl (C=O) groups excluding carboxylic acids is 1. The van der Waals surface area contributed by atoms with Crippen LogP contribution in [0.25, 0.3) is 0 Å². The van der Waals surface area contributed by atoms with Crippen molar-refractivity contribution in [3.05, 3.63) is 86.6 Å². The van der Waals surface area contributed by atoms with E-state index in [9.17, 15) is 36.4 Å². The van der Waals surface area contributed by atoms with Gasteiger partial charge >= 0.3 is 12.4 Å². The number of hydrogen-bond donors (Lipinski definition) is 0. The van der Waals surface area contributed by atoms with Gasteiger partial charge in [0.05, 0.1) is 27.8 Å². The van der Waals surface area contributed by atoms with E-state index in [0.29, 0.717) is 18.3 Å². The zero-order chi connectivity index (χ0) is 28.3. The Labute approximate surface area is 226 Å². The fourth-order valence-electron chi connectivity index (χ4n) is 3.11. The number of nitriles is 1. The van der Waals surface area contributed by atoms with E-state index in [1.54, 1.807) is 6.07 Å². The molecule has 0 saturated heterocycles.